The molecule has 0 aliphatic carbocycles. The van der Waals surface area contributed by atoms with Gasteiger partial charge in [-0.3, -0.25) is 9.69 Å². The summed E-state index contributed by atoms with van der Waals surface area (Å²) in [5.41, 5.74) is 1.83. The predicted octanol–water partition coefficient (Wildman–Crippen LogP) is 3.31. The van der Waals surface area contributed by atoms with E-state index in [1.54, 1.807) is 7.11 Å². The molecule has 1 aliphatic heterocycles. The van der Waals surface area contributed by atoms with Gasteiger partial charge >= 0.3 is 0 Å². The number of benzene rings is 2. The molecule has 0 bridgehead atoms. The number of piperazine rings is 1. The molecule has 0 radical (unpaired) electrons. The van der Waals surface area contributed by atoms with Gasteiger partial charge in [0.2, 0.25) is 0 Å². The van der Waals surface area contributed by atoms with Crippen molar-refractivity contribution in [2.75, 3.05) is 33.3 Å². The zero-order valence-electron chi connectivity index (χ0n) is 13.7. The molecule has 5 heteroatoms. The van der Waals surface area contributed by atoms with Crippen LogP contribution in [0.3, 0.4) is 0 Å². The minimum Gasteiger partial charge on any atom is -0.496 e. The third-order valence-corrected chi connectivity index (χ3v) is 4.53. The Morgan fingerprint density at radius 1 is 1.08 bits per heavy atom. The van der Waals surface area contributed by atoms with E-state index in [1.807, 2.05) is 47.4 Å². The Bertz CT molecular complexity index is 712. The van der Waals surface area contributed by atoms with Crippen molar-refractivity contribution < 1.29 is 9.53 Å². The second-order valence-electron chi connectivity index (χ2n) is 5.90. The quantitative estimate of drug-likeness (QED) is 0.853. The Kier molecular flexibility index (Phi) is 5.38. The van der Waals surface area contributed by atoms with Gasteiger partial charge in [0.1, 0.15) is 5.75 Å². The van der Waals surface area contributed by atoms with Crippen LogP contribution in [-0.4, -0.2) is 49.0 Å². The lowest BCUT2D eigenvalue weighted by Gasteiger charge is -2.35. The van der Waals surface area contributed by atoms with Gasteiger partial charge in [-0.25, -0.2) is 0 Å². The summed E-state index contributed by atoms with van der Waals surface area (Å²) in [5.74, 6) is 0.665. The molecule has 4 nitrogen and oxygen atoms in total. The van der Waals surface area contributed by atoms with Crippen LogP contribution in [0.2, 0.25) is 5.02 Å². The Morgan fingerprint density at radius 3 is 2.54 bits per heavy atom. The van der Waals surface area contributed by atoms with E-state index in [-0.39, 0.29) is 5.91 Å². The summed E-state index contributed by atoms with van der Waals surface area (Å²) in [4.78, 5) is 16.9. The molecule has 2 aromatic carbocycles. The molecular weight excluding hydrogens is 324 g/mol. The molecule has 126 valence electrons. The van der Waals surface area contributed by atoms with Crippen LogP contribution in [0.15, 0.2) is 48.5 Å². The summed E-state index contributed by atoms with van der Waals surface area (Å²) in [7, 11) is 1.59. The Labute approximate surface area is 147 Å². The van der Waals surface area contributed by atoms with E-state index in [0.717, 1.165) is 37.7 Å². The van der Waals surface area contributed by atoms with E-state index >= 15 is 0 Å². The maximum Gasteiger partial charge on any atom is 0.257 e. The monoisotopic (exact) mass is 344 g/mol. The van der Waals surface area contributed by atoms with Crippen LogP contribution >= 0.6 is 11.6 Å². The number of para-hydroxylation sites is 1. The molecular formula is C19H21ClN2O2. The molecule has 1 saturated heterocycles. The molecule has 0 atom stereocenters. The van der Waals surface area contributed by atoms with Gasteiger partial charge in [-0.1, -0.05) is 35.9 Å². The second kappa shape index (κ2) is 7.69. The van der Waals surface area contributed by atoms with E-state index < -0.39 is 0 Å². The average Bonchev–Trinajstić information content (AvgIpc) is 2.62. The third kappa shape index (κ3) is 3.89. The van der Waals surface area contributed by atoms with E-state index in [1.165, 1.54) is 5.56 Å². The molecule has 1 amide bonds. The molecule has 1 fully saturated rings. The van der Waals surface area contributed by atoms with Crippen LogP contribution in [0.25, 0.3) is 0 Å². The number of hydrogen-bond donors (Lipinski definition) is 0. The maximum atomic E-state index is 12.7. The van der Waals surface area contributed by atoms with Crippen LogP contribution in [0.4, 0.5) is 0 Å². The number of amides is 1. The van der Waals surface area contributed by atoms with Gasteiger partial charge in [-0.05, 0) is 29.8 Å². The normalized spacial score (nSPS) is 15.3. The van der Waals surface area contributed by atoms with Crippen LogP contribution in [-0.2, 0) is 6.54 Å². The van der Waals surface area contributed by atoms with E-state index in [2.05, 4.69) is 11.0 Å². The highest BCUT2D eigenvalue weighted by atomic mass is 35.5. The van der Waals surface area contributed by atoms with Crippen molar-refractivity contribution in [3.63, 3.8) is 0 Å². The third-order valence-electron chi connectivity index (χ3n) is 4.29. The molecule has 3 rings (SSSR count). The number of carbonyl (C=O) groups excluding carboxylic acids is 1. The summed E-state index contributed by atoms with van der Waals surface area (Å²) in [5, 5.41) is 0.762. The lowest BCUT2D eigenvalue weighted by Crippen LogP contribution is -2.48. The zero-order chi connectivity index (χ0) is 16.9. The highest BCUT2D eigenvalue weighted by Gasteiger charge is 2.24. The highest BCUT2D eigenvalue weighted by Crippen LogP contribution is 2.20. The molecule has 0 saturated carbocycles. The molecule has 0 spiro atoms. The standard InChI is InChI=1S/C19H21ClN2O2/c1-24-18-8-3-2-7-17(18)19(23)22-11-9-21(10-12-22)14-15-5-4-6-16(20)13-15/h2-8,13H,9-12,14H2,1H3. The molecule has 24 heavy (non-hydrogen) atoms. The van der Waals surface area contributed by atoms with Gasteiger partial charge in [0.25, 0.3) is 5.91 Å². The molecule has 2 aromatic rings. The first-order valence-corrected chi connectivity index (χ1v) is 8.44. The first-order valence-electron chi connectivity index (χ1n) is 8.06. The molecule has 0 aromatic heterocycles. The minimum absolute atomic E-state index is 0.0369. The number of halogens is 1. The predicted molar refractivity (Wildman–Crippen MR) is 95.6 cm³/mol. The Morgan fingerprint density at radius 2 is 1.83 bits per heavy atom. The number of hydrogen-bond acceptors (Lipinski definition) is 3. The van der Waals surface area contributed by atoms with Crippen molar-refractivity contribution in [2.45, 2.75) is 6.54 Å². The van der Waals surface area contributed by atoms with E-state index in [9.17, 15) is 4.79 Å². The van der Waals surface area contributed by atoms with Crippen molar-refractivity contribution in [3.8, 4) is 5.75 Å². The molecule has 1 heterocycles. The average molecular weight is 345 g/mol. The van der Waals surface area contributed by atoms with Crippen LogP contribution in [0, 0.1) is 0 Å². The second-order valence-corrected chi connectivity index (χ2v) is 6.33. The fraction of sp³-hybridized carbons (Fsp3) is 0.316. The zero-order valence-corrected chi connectivity index (χ0v) is 14.5. The van der Waals surface area contributed by atoms with Gasteiger partial charge in [-0.2, -0.15) is 0 Å². The highest BCUT2D eigenvalue weighted by molar-refractivity contribution is 6.30. The topological polar surface area (TPSA) is 32.8 Å². The number of nitrogens with zero attached hydrogens (tertiary/aromatic N) is 2. The number of rotatable bonds is 4. The molecule has 0 unspecified atom stereocenters. The summed E-state index contributed by atoms with van der Waals surface area (Å²) >= 11 is 6.04. The fourth-order valence-corrected chi connectivity index (χ4v) is 3.21. The number of methoxy groups -OCH3 is 1. The summed E-state index contributed by atoms with van der Waals surface area (Å²) < 4.78 is 5.30. The van der Waals surface area contributed by atoms with Crippen LogP contribution < -0.4 is 4.74 Å². The Balaban J connectivity index is 1.59. The van der Waals surface area contributed by atoms with Crippen molar-refractivity contribution >= 4 is 17.5 Å². The Hall–Kier alpha value is -2.04. The minimum atomic E-state index is 0.0369. The maximum absolute atomic E-state index is 12.7. The van der Waals surface area contributed by atoms with E-state index in [0.29, 0.717) is 11.3 Å². The van der Waals surface area contributed by atoms with Crippen molar-refractivity contribution in [1.82, 2.24) is 9.80 Å². The molecule has 0 N–H and O–H groups in total. The van der Waals surface area contributed by atoms with Crippen molar-refractivity contribution in [1.29, 1.82) is 0 Å². The summed E-state index contributed by atoms with van der Waals surface area (Å²) in [6.45, 7) is 4.01. The number of ether oxygens (including phenoxy) is 1. The van der Waals surface area contributed by atoms with Gasteiger partial charge in [0, 0.05) is 37.7 Å². The van der Waals surface area contributed by atoms with Crippen LogP contribution in [0.1, 0.15) is 15.9 Å². The van der Waals surface area contributed by atoms with Gasteiger partial charge in [0.15, 0.2) is 0 Å². The van der Waals surface area contributed by atoms with Gasteiger partial charge in [-0.15, -0.1) is 0 Å². The first kappa shape index (κ1) is 16.8. The van der Waals surface area contributed by atoms with Gasteiger partial charge in [0.05, 0.1) is 12.7 Å². The van der Waals surface area contributed by atoms with Crippen molar-refractivity contribution in [3.05, 3.63) is 64.7 Å². The smallest absolute Gasteiger partial charge is 0.257 e. The number of carbonyl (C=O) groups is 1. The summed E-state index contributed by atoms with van der Waals surface area (Å²) in [6.07, 6.45) is 0. The fourth-order valence-electron chi connectivity index (χ4n) is 2.99. The van der Waals surface area contributed by atoms with Crippen LogP contribution in [0.5, 0.6) is 5.75 Å². The SMILES string of the molecule is COc1ccccc1C(=O)N1CCN(Cc2cccc(Cl)c2)CC1. The lowest BCUT2D eigenvalue weighted by atomic mass is 10.1. The lowest BCUT2D eigenvalue weighted by molar-refractivity contribution is 0.0625. The van der Waals surface area contributed by atoms with E-state index in [4.69, 9.17) is 16.3 Å². The first-order chi connectivity index (χ1) is 11.7. The largest absolute Gasteiger partial charge is 0.496 e. The van der Waals surface area contributed by atoms with Crippen molar-refractivity contribution in [2.24, 2.45) is 0 Å². The molecule has 1 aliphatic rings. The van der Waals surface area contributed by atoms with Gasteiger partial charge < -0.3 is 9.64 Å². The summed E-state index contributed by atoms with van der Waals surface area (Å²) in [6, 6.07) is 15.3.